The van der Waals surface area contributed by atoms with Crippen molar-refractivity contribution in [3.63, 3.8) is 0 Å². The predicted octanol–water partition coefficient (Wildman–Crippen LogP) is 4.50. The molecule has 0 saturated carbocycles. The number of carbonyl (C=O) groups excluding carboxylic acids is 1. The number of hydrogen-bond acceptors (Lipinski definition) is 1. The molecule has 3 heteroatoms. The molecular weight excluding hydrogens is 350 g/mol. The summed E-state index contributed by atoms with van der Waals surface area (Å²) in [6, 6.07) is 22.4. The second-order valence-electron chi connectivity index (χ2n) is 5.54. The Labute approximate surface area is 144 Å². The lowest BCUT2D eigenvalue weighted by Gasteiger charge is -2.09. The van der Waals surface area contributed by atoms with Crippen molar-refractivity contribution >= 4 is 32.6 Å². The van der Waals surface area contributed by atoms with Crippen molar-refractivity contribution in [2.45, 2.75) is 12.8 Å². The van der Waals surface area contributed by atoms with Gasteiger partial charge < -0.3 is 5.32 Å². The molecule has 23 heavy (non-hydrogen) atoms. The first-order valence-corrected chi connectivity index (χ1v) is 8.49. The monoisotopic (exact) mass is 367 g/mol. The Morgan fingerprint density at radius 2 is 1.78 bits per heavy atom. The van der Waals surface area contributed by atoms with Gasteiger partial charge in [0.15, 0.2) is 0 Å². The summed E-state index contributed by atoms with van der Waals surface area (Å²) >= 11 is 3.53. The minimum Gasteiger partial charge on any atom is -0.355 e. The minimum absolute atomic E-state index is 0.0672. The first-order valence-electron chi connectivity index (χ1n) is 7.70. The van der Waals surface area contributed by atoms with Crippen LogP contribution in [-0.4, -0.2) is 12.5 Å². The fourth-order valence-electron chi connectivity index (χ4n) is 2.71. The standard InChI is InChI=1S/C20H18BrNO/c21-18-10-9-16-7-4-8-17(19(16)14-18)11-12-22-20(23)13-15-5-2-1-3-6-15/h1-10,14H,11-13H2,(H,22,23). The molecule has 0 unspecified atom stereocenters. The summed E-state index contributed by atoms with van der Waals surface area (Å²) < 4.78 is 1.07. The van der Waals surface area contributed by atoms with Gasteiger partial charge in [-0.05, 0) is 40.5 Å². The Hall–Kier alpha value is -2.13. The average Bonchev–Trinajstić information content (AvgIpc) is 2.56. The van der Waals surface area contributed by atoms with Crippen LogP contribution < -0.4 is 5.32 Å². The van der Waals surface area contributed by atoms with Crippen LogP contribution in [0.5, 0.6) is 0 Å². The zero-order chi connectivity index (χ0) is 16.1. The van der Waals surface area contributed by atoms with Crippen LogP contribution in [-0.2, 0) is 17.6 Å². The van der Waals surface area contributed by atoms with Crippen molar-refractivity contribution in [3.05, 3.63) is 82.3 Å². The lowest BCUT2D eigenvalue weighted by Crippen LogP contribution is -2.27. The lowest BCUT2D eigenvalue weighted by atomic mass is 10.0. The summed E-state index contributed by atoms with van der Waals surface area (Å²) in [5.41, 5.74) is 2.29. The molecule has 1 N–H and O–H groups in total. The lowest BCUT2D eigenvalue weighted by molar-refractivity contribution is -0.120. The molecule has 0 aromatic heterocycles. The van der Waals surface area contributed by atoms with E-state index in [2.05, 4.69) is 51.6 Å². The van der Waals surface area contributed by atoms with Gasteiger partial charge in [0.2, 0.25) is 5.91 Å². The zero-order valence-electron chi connectivity index (χ0n) is 12.8. The maximum absolute atomic E-state index is 12.0. The Morgan fingerprint density at radius 1 is 0.957 bits per heavy atom. The molecule has 0 aliphatic carbocycles. The first kappa shape index (κ1) is 15.8. The molecule has 0 aliphatic rings. The van der Waals surface area contributed by atoms with E-state index >= 15 is 0 Å². The van der Waals surface area contributed by atoms with E-state index < -0.39 is 0 Å². The highest BCUT2D eigenvalue weighted by atomic mass is 79.9. The van der Waals surface area contributed by atoms with Crippen LogP contribution in [0.3, 0.4) is 0 Å². The van der Waals surface area contributed by atoms with Gasteiger partial charge in [-0.25, -0.2) is 0 Å². The van der Waals surface area contributed by atoms with Gasteiger partial charge in [0.05, 0.1) is 6.42 Å². The van der Waals surface area contributed by atoms with Gasteiger partial charge in [0, 0.05) is 11.0 Å². The topological polar surface area (TPSA) is 29.1 Å². The molecule has 0 aliphatic heterocycles. The molecule has 3 aromatic carbocycles. The Kier molecular flexibility index (Phi) is 5.09. The maximum Gasteiger partial charge on any atom is 0.224 e. The summed E-state index contributed by atoms with van der Waals surface area (Å²) in [6.07, 6.45) is 1.26. The van der Waals surface area contributed by atoms with Crippen LogP contribution in [0.15, 0.2) is 71.2 Å². The van der Waals surface area contributed by atoms with Gasteiger partial charge in [-0.15, -0.1) is 0 Å². The normalized spacial score (nSPS) is 10.7. The number of fused-ring (bicyclic) bond motifs is 1. The SMILES string of the molecule is O=C(Cc1ccccc1)NCCc1cccc2ccc(Br)cc12. The van der Waals surface area contributed by atoms with Crippen LogP contribution >= 0.6 is 15.9 Å². The highest BCUT2D eigenvalue weighted by Crippen LogP contribution is 2.23. The highest BCUT2D eigenvalue weighted by molar-refractivity contribution is 9.10. The van der Waals surface area contributed by atoms with Crippen molar-refractivity contribution < 1.29 is 4.79 Å². The van der Waals surface area contributed by atoms with Crippen LogP contribution in [0.25, 0.3) is 10.8 Å². The third kappa shape index (κ3) is 4.20. The van der Waals surface area contributed by atoms with E-state index in [1.807, 2.05) is 36.4 Å². The number of benzene rings is 3. The highest BCUT2D eigenvalue weighted by Gasteiger charge is 2.05. The molecule has 0 saturated heterocycles. The summed E-state index contributed by atoms with van der Waals surface area (Å²) in [6.45, 7) is 0.650. The summed E-state index contributed by atoms with van der Waals surface area (Å²) in [5.74, 6) is 0.0672. The van der Waals surface area contributed by atoms with Crippen molar-refractivity contribution in [3.8, 4) is 0 Å². The number of halogens is 1. The molecule has 0 radical (unpaired) electrons. The largest absolute Gasteiger partial charge is 0.355 e. The van der Waals surface area contributed by atoms with Gasteiger partial charge in [-0.1, -0.05) is 70.5 Å². The molecule has 2 nitrogen and oxygen atoms in total. The predicted molar refractivity (Wildman–Crippen MR) is 98.5 cm³/mol. The average molecular weight is 368 g/mol. The molecule has 3 rings (SSSR count). The van der Waals surface area contributed by atoms with E-state index in [1.54, 1.807) is 0 Å². The smallest absolute Gasteiger partial charge is 0.224 e. The fraction of sp³-hybridized carbons (Fsp3) is 0.150. The van der Waals surface area contributed by atoms with E-state index in [0.717, 1.165) is 16.5 Å². The van der Waals surface area contributed by atoms with Crippen LogP contribution in [0.4, 0.5) is 0 Å². The van der Waals surface area contributed by atoms with Gasteiger partial charge >= 0.3 is 0 Å². The molecule has 0 spiro atoms. The van der Waals surface area contributed by atoms with Crippen LogP contribution in [0, 0.1) is 0 Å². The summed E-state index contributed by atoms with van der Waals surface area (Å²) in [5, 5.41) is 5.47. The minimum atomic E-state index is 0.0672. The van der Waals surface area contributed by atoms with Crippen LogP contribution in [0.2, 0.25) is 0 Å². The summed E-state index contributed by atoms with van der Waals surface area (Å²) in [7, 11) is 0. The van der Waals surface area contributed by atoms with Gasteiger partial charge in [-0.2, -0.15) is 0 Å². The first-order chi connectivity index (χ1) is 11.2. The molecule has 0 bridgehead atoms. The van der Waals surface area contributed by atoms with E-state index in [-0.39, 0.29) is 5.91 Å². The number of amides is 1. The van der Waals surface area contributed by atoms with Crippen molar-refractivity contribution in [1.82, 2.24) is 5.32 Å². The third-order valence-corrected chi connectivity index (χ3v) is 4.35. The van der Waals surface area contributed by atoms with Crippen molar-refractivity contribution in [2.24, 2.45) is 0 Å². The molecule has 116 valence electrons. The zero-order valence-corrected chi connectivity index (χ0v) is 14.3. The number of hydrogen-bond donors (Lipinski definition) is 1. The summed E-state index contributed by atoms with van der Waals surface area (Å²) in [4.78, 5) is 12.0. The van der Waals surface area contributed by atoms with Gasteiger partial charge in [0.25, 0.3) is 0 Å². The third-order valence-electron chi connectivity index (χ3n) is 3.86. The van der Waals surface area contributed by atoms with E-state index in [4.69, 9.17) is 0 Å². The fourth-order valence-corrected chi connectivity index (χ4v) is 3.07. The quantitative estimate of drug-likeness (QED) is 0.706. The second kappa shape index (κ2) is 7.42. The molecule has 1 amide bonds. The molecule has 3 aromatic rings. The van der Waals surface area contributed by atoms with E-state index in [1.165, 1.54) is 16.3 Å². The Balaban J connectivity index is 1.60. The van der Waals surface area contributed by atoms with Crippen LogP contribution in [0.1, 0.15) is 11.1 Å². The van der Waals surface area contributed by atoms with Crippen molar-refractivity contribution in [1.29, 1.82) is 0 Å². The molecule has 0 heterocycles. The van der Waals surface area contributed by atoms with Gasteiger partial charge in [-0.3, -0.25) is 4.79 Å². The Morgan fingerprint density at radius 3 is 2.61 bits per heavy atom. The maximum atomic E-state index is 12.0. The van der Waals surface area contributed by atoms with E-state index in [9.17, 15) is 4.79 Å². The number of rotatable bonds is 5. The number of carbonyl (C=O) groups is 1. The Bertz CT molecular complexity index is 814. The van der Waals surface area contributed by atoms with Crippen molar-refractivity contribution in [2.75, 3.05) is 6.54 Å². The number of nitrogens with one attached hydrogen (secondary N) is 1. The molecule has 0 fully saturated rings. The second-order valence-corrected chi connectivity index (χ2v) is 6.46. The van der Waals surface area contributed by atoms with E-state index in [0.29, 0.717) is 13.0 Å². The molecular formula is C20H18BrNO. The van der Waals surface area contributed by atoms with Gasteiger partial charge in [0.1, 0.15) is 0 Å². The molecule has 0 atom stereocenters.